The van der Waals surface area contributed by atoms with Crippen LogP contribution in [0.4, 0.5) is 0 Å². The Morgan fingerprint density at radius 3 is 2.62 bits per heavy atom. The molecule has 0 N–H and O–H groups in total. The van der Waals surface area contributed by atoms with E-state index in [9.17, 15) is 4.79 Å². The highest BCUT2D eigenvalue weighted by Crippen LogP contribution is 2.30. The number of benzene rings is 1. The van der Waals surface area contributed by atoms with E-state index in [1.807, 2.05) is 18.2 Å². The van der Waals surface area contributed by atoms with Gasteiger partial charge in [-0.25, -0.2) is 0 Å². The van der Waals surface area contributed by atoms with Crippen LogP contribution in [0, 0.1) is 0 Å². The number of rotatable bonds is 2. The smallest absolute Gasteiger partial charge is 0.147 e. The minimum atomic E-state index is -0.285. The first-order valence-corrected chi connectivity index (χ1v) is 5.50. The lowest BCUT2D eigenvalue weighted by atomic mass is 10.1. The molecule has 0 saturated carbocycles. The Balaban J connectivity index is 3.12. The summed E-state index contributed by atoms with van der Waals surface area (Å²) in [6, 6.07) is 5.51. The molecule has 0 radical (unpaired) electrons. The first-order chi connectivity index (χ1) is 6.02. The zero-order chi connectivity index (χ0) is 10.0. The predicted molar refractivity (Wildman–Crippen MR) is 63.3 cm³/mol. The van der Waals surface area contributed by atoms with Crippen LogP contribution in [-0.2, 0) is 4.79 Å². The highest BCUT2D eigenvalue weighted by Gasteiger charge is 2.15. The van der Waals surface area contributed by atoms with Crippen molar-refractivity contribution in [3.63, 3.8) is 0 Å². The summed E-state index contributed by atoms with van der Waals surface area (Å²) in [6.45, 7) is 1.54. The molecule has 0 spiro atoms. The molecular formula is C9H9BrOS2. The standard InChI is InChI=1S/C9H9BrOS2/c1-5(11)9(10)7-4-6(12)2-3-8(7)13/h2-4,9,12-13H,1H3. The van der Waals surface area contributed by atoms with Gasteiger partial charge in [0.25, 0.3) is 0 Å². The summed E-state index contributed by atoms with van der Waals surface area (Å²) in [4.78, 5) is 12.4. The maximum atomic E-state index is 11.1. The molecule has 0 saturated heterocycles. The molecule has 1 nitrogen and oxygen atoms in total. The van der Waals surface area contributed by atoms with E-state index in [0.717, 1.165) is 15.4 Å². The third-order valence-corrected chi connectivity index (χ3v) is 3.46. The highest BCUT2D eigenvalue weighted by atomic mass is 79.9. The van der Waals surface area contributed by atoms with Crippen molar-refractivity contribution in [1.29, 1.82) is 0 Å². The molecule has 1 unspecified atom stereocenters. The summed E-state index contributed by atoms with van der Waals surface area (Å²) >= 11 is 11.8. The minimum Gasteiger partial charge on any atom is -0.298 e. The Labute approximate surface area is 96.9 Å². The lowest BCUT2D eigenvalue weighted by Crippen LogP contribution is -2.01. The molecule has 1 aromatic rings. The van der Waals surface area contributed by atoms with Gasteiger partial charge < -0.3 is 0 Å². The van der Waals surface area contributed by atoms with E-state index >= 15 is 0 Å². The van der Waals surface area contributed by atoms with Crippen LogP contribution in [0.2, 0.25) is 0 Å². The number of ketones is 1. The van der Waals surface area contributed by atoms with Crippen molar-refractivity contribution in [2.75, 3.05) is 0 Å². The van der Waals surface area contributed by atoms with Crippen LogP contribution in [0.25, 0.3) is 0 Å². The molecule has 0 fully saturated rings. The van der Waals surface area contributed by atoms with Gasteiger partial charge in [-0.2, -0.15) is 0 Å². The fourth-order valence-electron chi connectivity index (χ4n) is 0.964. The van der Waals surface area contributed by atoms with Gasteiger partial charge in [0.2, 0.25) is 0 Å². The Morgan fingerprint density at radius 2 is 2.08 bits per heavy atom. The topological polar surface area (TPSA) is 17.1 Å². The van der Waals surface area contributed by atoms with E-state index in [1.54, 1.807) is 0 Å². The van der Waals surface area contributed by atoms with Crippen molar-refractivity contribution >= 4 is 47.0 Å². The fourth-order valence-corrected chi connectivity index (χ4v) is 2.00. The Bertz CT molecular complexity index is 338. The number of carbonyl (C=O) groups is 1. The van der Waals surface area contributed by atoms with E-state index in [-0.39, 0.29) is 10.6 Å². The molecule has 1 aromatic carbocycles. The van der Waals surface area contributed by atoms with E-state index in [0.29, 0.717) is 0 Å². The third kappa shape index (κ3) is 2.76. The van der Waals surface area contributed by atoms with Gasteiger partial charge >= 0.3 is 0 Å². The van der Waals surface area contributed by atoms with Crippen molar-refractivity contribution in [3.05, 3.63) is 23.8 Å². The molecule has 0 amide bonds. The van der Waals surface area contributed by atoms with Crippen molar-refractivity contribution in [2.45, 2.75) is 21.5 Å². The van der Waals surface area contributed by atoms with Gasteiger partial charge in [-0.15, -0.1) is 25.3 Å². The minimum absolute atomic E-state index is 0.0641. The average Bonchev–Trinajstić information content (AvgIpc) is 2.08. The van der Waals surface area contributed by atoms with Crippen molar-refractivity contribution < 1.29 is 4.79 Å². The van der Waals surface area contributed by atoms with Crippen LogP contribution >= 0.6 is 41.2 Å². The van der Waals surface area contributed by atoms with E-state index in [2.05, 4.69) is 41.2 Å². The molecule has 0 heterocycles. The van der Waals surface area contributed by atoms with Crippen LogP contribution in [0.15, 0.2) is 28.0 Å². The Kier molecular flexibility index (Phi) is 3.88. The summed E-state index contributed by atoms with van der Waals surface area (Å²) in [5.74, 6) is 0.0641. The van der Waals surface area contributed by atoms with Gasteiger partial charge in [-0.1, -0.05) is 15.9 Å². The molecule has 0 bridgehead atoms. The predicted octanol–water partition coefficient (Wildman–Crippen LogP) is 3.29. The number of hydrogen-bond acceptors (Lipinski definition) is 3. The van der Waals surface area contributed by atoms with Crippen LogP contribution in [0.5, 0.6) is 0 Å². The molecule has 0 aliphatic carbocycles. The second-order valence-electron chi connectivity index (χ2n) is 2.72. The lowest BCUT2D eigenvalue weighted by Gasteiger charge is -2.09. The molecule has 1 rings (SSSR count). The van der Waals surface area contributed by atoms with Crippen molar-refractivity contribution in [1.82, 2.24) is 0 Å². The molecule has 0 aliphatic heterocycles. The highest BCUT2D eigenvalue weighted by molar-refractivity contribution is 9.09. The van der Waals surface area contributed by atoms with E-state index in [4.69, 9.17) is 0 Å². The summed E-state index contributed by atoms with van der Waals surface area (Å²) in [5.41, 5.74) is 0.864. The van der Waals surface area contributed by atoms with Gasteiger partial charge in [0.1, 0.15) is 5.78 Å². The van der Waals surface area contributed by atoms with Gasteiger partial charge in [-0.05, 0) is 30.7 Å². The monoisotopic (exact) mass is 276 g/mol. The van der Waals surface area contributed by atoms with Crippen LogP contribution in [0.1, 0.15) is 17.3 Å². The van der Waals surface area contributed by atoms with Crippen LogP contribution in [0.3, 0.4) is 0 Å². The molecule has 1 atom stereocenters. The maximum Gasteiger partial charge on any atom is 0.147 e. The maximum absolute atomic E-state index is 11.1. The molecule has 4 heteroatoms. The second kappa shape index (κ2) is 4.53. The summed E-state index contributed by atoms with van der Waals surface area (Å²) < 4.78 is 0. The largest absolute Gasteiger partial charge is 0.298 e. The van der Waals surface area contributed by atoms with Crippen LogP contribution < -0.4 is 0 Å². The third-order valence-electron chi connectivity index (χ3n) is 1.64. The Hall–Kier alpha value is 0.0700. The van der Waals surface area contributed by atoms with Gasteiger partial charge in [0, 0.05) is 9.79 Å². The second-order valence-corrected chi connectivity index (χ2v) is 4.63. The fraction of sp³-hybridized carbons (Fsp3) is 0.222. The van der Waals surface area contributed by atoms with Crippen LogP contribution in [-0.4, -0.2) is 5.78 Å². The number of carbonyl (C=O) groups excluding carboxylic acids is 1. The molecule has 13 heavy (non-hydrogen) atoms. The van der Waals surface area contributed by atoms with Gasteiger partial charge in [0.05, 0.1) is 4.83 Å². The molecule has 0 aromatic heterocycles. The molecule has 70 valence electrons. The van der Waals surface area contributed by atoms with Crippen molar-refractivity contribution in [3.8, 4) is 0 Å². The summed E-state index contributed by atoms with van der Waals surface area (Å²) in [7, 11) is 0. The lowest BCUT2D eigenvalue weighted by molar-refractivity contribution is -0.116. The number of alkyl halides is 1. The molecular weight excluding hydrogens is 268 g/mol. The van der Waals surface area contributed by atoms with Crippen molar-refractivity contribution in [2.24, 2.45) is 0 Å². The van der Waals surface area contributed by atoms with Gasteiger partial charge in [-0.3, -0.25) is 4.79 Å². The first kappa shape index (κ1) is 11.1. The number of halogens is 1. The normalized spacial score (nSPS) is 12.6. The Morgan fingerprint density at radius 1 is 1.46 bits per heavy atom. The van der Waals surface area contributed by atoms with E-state index < -0.39 is 0 Å². The first-order valence-electron chi connectivity index (χ1n) is 3.68. The van der Waals surface area contributed by atoms with Gasteiger partial charge in [0.15, 0.2) is 0 Å². The summed E-state index contributed by atoms with van der Waals surface area (Å²) in [6.07, 6.45) is 0. The zero-order valence-corrected chi connectivity index (χ0v) is 10.4. The summed E-state index contributed by atoms with van der Waals surface area (Å²) in [5, 5.41) is 0. The number of thiol groups is 2. The average molecular weight is 277 g/mol. The quantitative estimate of drug-likeness (QED) is 0.626. The van der Waals surface area contributed by atoms with E-state index in [1.165, 1.54) is 6.92 Å². The molecule has 0 aliphatic rings. The zero-order valence-electron chi connectivity index (χ0n) is 6.99. The number of hydrogen-bond donors (Lipinski definition) is 2. The number of Topliss-reactive ketones (excluding diaryl/α,β-unsaturated/α-hetero) is 1. The SMILES string of the molecule is CC(=O)C(Br)c1cc(S)ccc1S.